The van der Waals surface area contributed by atoms with Gasteiger partial charge in [0.15, 0.2) is 0 Å². The highest BCUT2D eigenvalue weighted by molar-refractivity contribution is 5.90. The van der Waals surface area contributed by atoms with Crippen molar-refractivity contribution in [3.63, 3.8) is 0 Å². The van der Waals surface area contributed by atoms with Crippen molar-refractivity contribution in [1.29, 1.82) is 0 Å². The monoisotopic (exact) mass is 256 g/mol. The minimum absolute atomic E-state index is 0.0102. The molecule has 19 heavy (non-hydrogen) atoms. The van der Waals surface area contributed by atoms with Gasteiger partial charge in [-0.15, -0.1) is 0 Å². The quantitative estimate of drug-likeness (QED) is 0.861. The van der Waals surface area contributed by atoms with Crippen LogP contribution in [0.4, 0.5) is 5.69 Å². The number of aromatic nitrogens is 1. The Hall–Kier alpha value is -2.20. The number of pyridine rings is 1. The Morgan fingerprint density at radius 1 is 1.05 bits per heavy atom. The van der Waals surface area contributed by atoms with E-state index in [4.69, 9.17) is 5.11 Å². The minimum atomic E-state index is -0.0199. The van der Waals surface area contributed by atoms with Crippen molar-refractivity contribution in [2.24, 2.45) is 0 Å². The van der Waals surface area contributed by atoms with E-state index >= 15 is 0 Å². The molecule has 0 saturated carbocycles. The molecule has 0 fully saturated rings. The largest absolute Gasteiger partial charge is 0.392 e. The van der Waals surface area contributed by atoms with Crippen LogP contribution in [0.25, 0.3) is 0 Å². The van der Waals surface area contributed by atoms with Crippen LogP contribution in [0, 0.1) is 0 Å². The maximum Gasteiger partial charge on any atom is 0.224 e. The first-order chi connectivity index (χ1) is 9.28. The van der Waals surface area contributed by atoms with Gasteiger partial charge in [-0.1, -0.05) is 12.1 Å². The van der Waals surface area contributed by atoms with Gasteiger partial charge in [0.25, 0.3) is 0 Å². The molecular formula is C15H16N2O2. The second kappa shape index (κ2) is 6.66. The molecular weight excluding hydrogens is 240 g/mol. The average molecular weight is 256 g/mol. The minimum Gasteiger partial charge on any atom is -0.392 e. The second-order valence-corrected chi connectivity index (χ2v) is 4.26. The summed E-state index contributed by atoms with van der Waals surface area (Å²) in [6.45, 7) is 0.0102. The molecule has 0 atom stereocenters. The van der Waals surface area contributed by atoms with Crippen LogP contribution in [0.3, 0.4) is 0 Å². The lowest BCUT2D eigenvalue weighted by Gasteiger charge is -2.06. The predicted octanol–water partition coefficient (Wildman–Crippen LogP) is 2.15. The Balaban J connectivity index is 1.83. The summed E-state index contributed by atoms with van der Waals surface area (Å²) in [6.07, 6.45) is 4.58. The van der Waals surface area contributed by atoms with Crippen LogP contribution in [0.15, 0.2) is 48.8 Å². The molecule has 1 aromatic heterocycles. The zero-order valence-electron chi connectivity index (χ0n) is 10.5. The van der Waals surface area contributed by atoms with Crippen molar-refractivity contribution in [1.82, 2.24) is 4.98 Å². The summed E-state index contributed by atoms with van der Waals surface area (Å²) in [6, 6.07) is 11.0. The molecule has 0 saturated heterocycles. The van der Waals surface area contributed by atoms with Gasteiger partial charge in [0.1, 0.15) is 0 Å². The smallest absolute Gasteiger partial charge is 0.224 e. The van der Waals surface area contributed by atoms with Crippen LogP contribution < -0.4 is 5.32 Å². The molecule has 4 heteroatoms. The standard InChI is InChI=1S/C15H16N2O2/c18-11-13-1-4-14(5-2-13)17-15(19)6-3-12-7-9-16-10-8-12/h1-2,4-5,7-10,18H,3,6,11H2,(H,17,19). The first kappa shape index (κ1) is 13.2. The van der Waals surface area contributed by atoms with Gasteiger partial charge < -0.3 is 10.4 Å². The molecule has 0 radical (unpaired) electrons. The highest BCUT2D eigenvalue weighted by Crippen LogP contribution is 2.10. The fraction of sp³-hybridized carbons (Fsp3) is 0.200. The number of amides is 1. The van der Waals surface area contributed by atoms with E-state index in [1.165, 1.54) is 0 Å². The normalized spacial score (nSPS) is 10.2. The van der Waals surface area contributed by atoms with Gasteiger partial charge in [0, 0.05) is 24.5 Å². The molecule has 0 spiro atoms. The van der Waals surface area contributed by atoms with Crippen molar-refractivity contribution in [2.75, 3.05) is 5.32 Å². The lowest BCUT2D eigenvalue weighted by Crippen LogP contribution is -2.12. The zero-order valence-corrected chi connectivity index (χ0v) is 10.5. The Morgan fingerprint density at radius 2 is 1.74 bits per heavy atom. The lowest BCUT2D eigenvalue weighted by molar-refractivity contribution is -0.116. The fourth-order valence-corrected chi connectivity index (χ4v) is 1.72. The van der Waals surface area contributed by atoms with E-state index in [2.05, 4.69) is 10.3 Å². The van der Waals surface area contributed by atoms with Gasteiger partial charge in [0.05, 0.1) is 6.61 Å². The number of benzene rings is 1. The van der Waals surface area contributed by atoms with E-state index in [0.29, 0.717) is 12.8 Å². The number of hydrogen-bond acceptors (Lipinski definition) is 3. The van der Waals surface area contributed by atoms with Crippen LogP contribution in [-0.2, 0) is 17.8 Å². The number of carbonyl (C=O) groups excluding carboxylic acids is 1. The van der Waals surface area contributed by atoms with E-state index in [1.54, 1.807) is 36.7 Å². The van der Waals surface area contributed by atoms with Crippen molar-refractivity contribution in [2.45, 2.75) is 19.4 Å². The molecule has 98 valence electrons. The fourth-order valence-electron chi connectivity index (χ4n) is 1.72. The lowest BCUT2D eigenvalue weighted by atomic mass is 10.1. The van der Waals surface area contributed by atoms with Crippen molar-refractivity contribution in [3.05, 3.63) is 59.9 Å². The van der Waals surface area contributed by atoms with Crippen molar-refractivity contribution in [3.8, 4) is 0 Å². The van der Waals surface area contributed by atoms with Crippen LogP contribution in [-0.4, -0.2) is 16.0 Å². The van der Waals surface area contributed by atoms with Gasteiger partial charge in [-0.3, -0.25) is 9.78 Å². The maximum absolute atomic E-state index is 11.8. The van der Waals surface area contributed by atoms with Gasteiger partial charge in [-0.2, -0.15) is 0 Å². The summed E-state index contributed by atoms with van der Waals surface area (Å²) in [7, 11) is 0. The summed E-state index contributed by atoms with van der Waals surface area (Å²) in [4.78, 5) is 15.7. The average Bonchev–Trinajstić information content (AvgIpc) is 2.47. The third-order valence-electron chi connectivity index (χ3n) is 2.81. The molecule has 2 N–H and O–H groups in total. The molecule has 2 rings (SSSR count). The molecule has 0 aliphatic carbocycles. The molecule has 2 aromatic rings. The van der Waals surface area contributed by atoms with Crippen LogP contribution in [0.5, 0.6) is 0 Å². The molecule has 4 nitrogen and oxygen atoms in total. The van der Waals surface area contributed by atoms with E-state index in [-0.39, 0.29) is 12.5 Å². The molecule has 0 unspecified atom stereocenters. The zero-order chi connectivity index (χ0) is 13.5. The van der Waals surface area contributed by atoms with Crippen LogP contribution in [0.2, 0.25) is 0 Å². The van der Waals surface area contributed by atoms with Crippen LogP contribution >= 0.6 is 0 Å². The summed E-state index contributed by atoms with van der Waals surface area (Å²) >= 11 is 0. The Bertz CT molecular complexity index is 524. The predicted molar refractivity (Wildman–Crippen MR) is 73.6 cm³/mol. The Labute approximate surface area is 112 Å². The SMILES string of the molecule is O=C(CCc1ccncc1)Nc1ccc(CO)cc1. The van der Waals surface area contributed by atoms with Gasteiger partial charge in [0.2, 0.25) is 5.91 Å². The number of hydrogen-bond donors (Lipinski definition) is 2. The molecule has 0 bridgehead atoms. The summed E-state index contributed by atoms with van der Waals surface area (Å²) in [5.74, 6) is -0.0199. The summed E-state index contributed by atoms with van der Waals surface area (Å²) in [5.41, 5.74) is 2.67. The maximum atomic E-state index is 11.8. The number of nitrogens with zero attached hydrogens (tertiary/aromatic N) is 1. The first-order valence-corrected chi connectivity index (χ1v) is 6.16. The van der Waals surface area contributed by atoms with E-state index < -0.39 is 0 Å². The Kier molecular flexibility index (Phi) is 4.64. The van der Waals surface area contributed by atoms with Gasteiger partial charge in [-0.05, 0) is 41.8 Å². The summed E-state index contributed by atoms with van der Waals surface area (Å²) in [5, 5.41) is 11.8. The highest BCUT2D eigenvalue weighted by Gasteiger charge is 2.03. The first-order valence-electron chi connectivity index (χ1n) is 6.16. The number of anilines is 1. The van der Waals surface area contributed by atoms with Gasteiger partial charge in [-0.25, -0.2) is 0 Å². The number of aliphatic hydroxyl groups is 1. The topological polar surface area (TPSA) is 62.2 Å². The summed E-state index contributed by atoms with van der Waals surface area (Å²) < 4.78 is 0. The number of aliphatic hydroxyl groups excluding tert-OH is 1. The van der Waals surface area contributed by atoms with E-state index in [9.17, 15) is 4.79 Å². The highest BCUT2D eigenvalue weighted by atomic mass is 16.3. The third-order valence-corrected chi connectivity index (χ3v) is 2.81. The molecule has 1 heterocycles. The molecule has 1 aromatic carbocycles. The van der Waals surface area contributed by atoms with E-state index in [0.717, 1.165) is 16.8 Å². The number of carbonyl (C=O) groups is 1. The van der Waals surface area contributed by atoms with Crippen molar-refractivity contribution < 1.29 is 9.90 Å². The van der Waals surface area contributed by atoms with Crippen molar-refractivity contribution >= 4 is 11.6 Å². The van der Waals surface area contributed by atoms with Crippen LogP contribution in [0.1, 0.15) is 17.5 Å². The third kappa shape index (κ3) is 4.19. The molecule has 1 amide bonds. The number of rotatable bonds is 5. The molecule has 0 aliphatic heterocycles. The second-order valence-electron chi connectivity index (χ2n) is 4.26. The number of nitrogens with one attached hydrogen (secondary N) is 1. The molecule has 0 aliphatic rings. The van der Waals surface area contributed by atoms with E-state index in [1.807, 2.05) is 12.1 Å². The Morgan fingerprint density at radius 3 is 2.37 bits per heavy atom. The number of aryl methyl sites for hydroxylation is 1. The van der Waals surface area contributed by atoms with Gasteiger partial charge >= 0.3 is 0 Å².